The first-order valence-corrected chi connectivity index (χ1v) is 6.38. The molecule has 5 nitrogen and oxygen atoms in total. The molecule has 0 radical (unpaired) electrons. The van der Waals surface area contributed by atoms with Crippen LogP contribution in [0.15, 0.2) is 24.4 Å². The van der Waals surface area contributed by atoms with Gasteiger partial charge in [-0.1, -0.05) is 0 Å². The second-order valence-corrected chi connectivity index (χ2v) is 4.35. The number of hydrogen-bond acceptors (Lipinski definition) is 5. The molecule has 104 valence electrons. The third kappa shape index (κ3) is 2.36. The number of nitrogens with one attached hydrogen (secondary N) is 1. The molecule has 0 atom stereocenters. The van der Waals surface area contributed by atoms with Crippen LogP contribution in [-0.2, 0) is 0 Å². The normalized spacial score (nSPS) is 13.7. The van der Waals surface area contributed by atoms with Gasteiger partial charge in [-0.25, -0.2) is 14.4 Å². The van der Waals surface area contributed by atoms with Gasteiger partial charge in [0.2, 0.25) is 5.95 Å². The van der Waals surface area contributed by atoms with Crippen molar-refractivity contribution in [2.75, 3.05) is 25.6 Å². The van der Waals surface area contributed by atoms with E-state index in [0.717, 1.165) is 12.6 Å². The van der Waals surface area contributed by atoms with Crippen molar-refractivity contribution in [1.29, 1.82) is 0 Å². The highest BCUT2D eigenvalue weighted by molar-refractivity contribution is 5.65. The Labute approximate surface area is 115 Å². The predicted octanol–water partition coefficient (Wildman–Crippen LogP) is 2.49. The van der Waals surface area contributed by atoms with Crippen molar-refractivity contribution in [3.63, 3.8) is 0 Å². The molecule has 0 fully saturated rings. The Morgan fingerprint density at radius 3 is 2.80 bits per heavy atom. The molecular formula is C14H14FN3O2. The third-order valence-electron chi connectivity index (χ3n) is 2.99. The standard InChI is InChI=1S/C14H14FN3O2/c1-16-14-17-8-10(15)13(18-14)9-3-4-11-12(7-9)20-6-2-5-19-11/h3-4,7-8H,2,5-6H2,1H3,(H,16,17,18). The topological polar surface area (TPSA) is 56.3 Å². The smallest absolute Gasteiger partial charge is 0.223 e. The highest BCUT2D eigenvalue weighted by atomic mass is 19.1. The number of anilines is 1. The number of aromatic nitrogens is 2. The molecule has 0 spiro atoms. The number of hydrogen-bond donors (Lipinski definition) is 1. The van der Waals surface area contributed by atoms with Gasteiger partial charge < -0.3 is 14.8 Å². The maximum Gasteiger partial charge on any atom is 0.223 e. The summed E-state index contributed by atoms with van der Waals surface area (Å²) in [5, 5.41) is 2.79. The Bertz CT molecular complexity index is 634. The summed E-state index contributed by atoms with van der Waals surface area (Å²) in [7, 11) is 1.69. The van der Waals surface area contributed by atoms with Crippen LogP contribution in [0, 0.1) is 5.82 Å². The zero-order valence-corrected chi connectivity index (χ0v) is 11.0. The molecule has 0 saturated carbocycles. The van der Waals surface area contributed by atoms with E-state index in [0.29, 0.717) is 36.2 Å². The van der Waals surface area contributed by atoms with Crippen molar-refractivity contribution in [3.05, 3.63) is 30.2 Å². The van der Waals surface area contributed by atoms with E-state index in [1.165, 1.54) is 0 Å². The van der Waals surface area contributed by atoms with Gasteiger partial charge in [0.15, 0.2) is 17.3 Å². The van der Waals surface area contributed by atoms with Crippen molar-refractivity contribution >= 4 is 5.95 Å². The van der Waals surface area contributed by atoms with Gasteiger partial charge in [-0.15, -0.1) is 0 Å². The van der Waals surface area contributed by atoms with Crippen LogP contribution in [-0.4, -0.2) is 30.2 Å². The summed E-state index contributed by atoms with van der Waals surface area (Å²) >= 11 is 0. The Hall–Kier alpha value is -2.37. The fourth-order valence-corrected chi connectivity index (χ4v) is 2.00. The minimum Gasteiger partial charge on any atom is -0.490 e. The highest BCUT2D eigenvalue weighted by Gasteiger charge is 2.15. The number of ether oxygens (including phenoxy) is 2. The Balaban J connectivity index is 2.04. The van der Waals surface area contributed by atoms with Crippen LogP contribution in [0.4, 0.5) is 10.3 Å². The third-order valence-corrected chi connectivity index (χ3v) is 2.99. The van der Waals surface area contributed by atoms with E-state index in [9.17, 15) is 4.39 Å². The largest absolute Gasteiger partial charge is 0.490 e. The van der Waals surface area contributed by atoms with Gasteiger partial charge in [-0.3, -0.25) is 0 Å². The van der Waals surface area contributed by atoms with E-state index in [1.54, 1.807) is 25.2 Å². The fourth-order valence-electron chi connectivity index (χ4n) is 2.00. The molecule has 0 unspecified atom stereocenters. The summed E-state index contributed by atoms with van der Waals surface area (Å²) in [6, 6.07) is 5.28. The van der Waals surface area contributed by atoms with Crippen molar-refractivity contribution in [1.82, 2.24) is 9.97 Å². The summed E-state index contributed by atoms with van der Waals surface area (Å²) in [5.41, 5.74) is 0.866. The maximum absolute atomic E-state index is 13.9. The molecule has 0 bridgehead atoms. The minimum atomic E-state index is -0.474. The molecule has 2 heterocycles. The van der Waals surface area contributed by atoms with Gasteiger partial charge in [0.25, 0.3) is 0 Å². The quantitative estimate of drug-likeness (QED) is 0.912. The molecule has 2 aromatic rings. The molecule has 0 amide bonds. The summed E-state index contributed by atoms with van der Waals surface area (Å²) in [4.78, 5) is 7.97. The lowest BCUT2D eigenvalue weighted by Gasteiger charge is -2.10. The summed E-state index contributed by atoms with van der Waals surface area (Å²) in [6.45, 7) is 1.21. The van der Waals surface area contributed by atoms with Gasteiger partial charge in [0.05, 0.1) is 19.4 Å². The van der Waals surface area contributed by atoms with Gasteiger partial charge in [0, 0.05) is 19.0 Å². The first kappa shape index (κ1) is 12.7. The first-order valence-electron chi connectivity index (χ1n) is 6.38. The monoisotopic (exact) mass is 275 g/mol. The van der Waals surface area contributed by atoms with Crippen LogP contribution in [0.2, 0.25) is 0 Å². The number of fused-ring (bicyclic) bond motifs is 1. The van der Waals surface area contributed by atoms with Crippen molar-refractivity contribution in [2.24, 2.45) is 0 Å². The van der Waals surface area contributed by atoms with Gasteiger partial charge in [-0.05, 0) is 18.2 Å². The fraction of sp³-hybridized carbons (Fsp3) is 0.286. The zero-order valence-electron chi connectivity index (χ0n) is 11.0. The van der Waals surface area contributed by atoms with E-state index in [1.807, 2.05) is 0 Å². The number of rotatable bonds is 2. The van der Waals surface area contributed by atoms with Crippen molar-refractivity contribution in [2.45, 2.75) is 6.42 Å². The van der Waals surface area contributed by atoms with Crippen molar-refractivity contribution in [3.8, 4) is 22.8 Å². The van der Waals surface area contributed by atoms with Crippen molar-refractivity contribution < 1.29 is 13.9 Å². The number of halogens is 1. The summed E-state index contributed by atoms with van der Waals surface area (Å²) in [5.74, 6) is 1.19. The number of benzene rings is 1. The van der Waals surface area contributed by atoms with Crippen LogP contribution in [0.25, 0.3) is 11.3 Å². The molecule has 1 aromatic heterocycles. The molecular weight excluding hydrogens is 261 g/mol. The summed E-state index contributed by atoms with van der Waals surface area (Å²) < 4.78 is 25.0. The molecule has 6 heteroatoms. The van der Waals surface area contributed by atoms with Crippen LogP contribution >= 0.6 is 0 Å². The molecule has 1 N–H and O–H groups in total. The Morgan fingerprint density at radius 2 is 2.00 bits per heavy atom. The minimum absolute atomic E-state index is 0.236. The van der Waals surface area contributed by atoms with Gasteiger partial charge in [0.1, 0.15) is 5.69 Å². The molecule has 1 aliphatic rings. The lowest BCUT2D eigenvalue weighted by molar-refractivity contribution is 0.297. The zero-order chi connectivity index (χ0) is 13.9. The number of nitrogens with zero attached hydrogens (tertiary/aromatic N) is 2. The maximum atomic E-state index is 13.9. The average Bonchev–Trinajstić information content (AvgIpc) is 2.72. The van der Waals surface area contributed by atoms with E-state index in [4.69, 9.17) is 9.47 Å². The SMILES string of the molecule is CNc1ncc(F)c(-c2ccc3c(c2)OCCCO3)n1. The van der Waals surface area contributed by atoms with E-state index < -0.39 is 5.82 Å². The first-order chi connectivity index (χ1) is 9.78. The van der Waals surface area contributed by atoms with E-state index in [2.05, 4.69) is 15.3 Å². The van der Waals surface area contributed by atoms with Crippen LogP contribution < -0.4 is 14.8 Å². The van der Waals surface area contributed by atoms with Gasteiger partial charge in [-0.2, -0.15) is 0 Å². The Morgan fingerprint density at radius 1 is 1.20 bits per heavy atom. The average molecular weight is 275 g/mol. The van der Waals surface area contributed by atoms with Crippen LogP contribution in [0.5, 0.6) is 11.5 Å². The highest BCUT2D eigenvalue weighted by Crippen LogP contribution is 2.34. The van der Waals surface area contributed by atoms with E-state index >= 15 is 0 Å². The predicted molar refractivity (Wildman–Crippen MR) is 72.6 cm³/mol. The van der Waals surface area contributed by atoms with Crippen LogP contribution in [0.1, 0.15) is 6.42 Å². The molecule has 20 heavy (non-hydrogen) atoms. The molecule has 1 aliphatic heterocycles. The van der Waals surface area contributed by atoms with E-state index in [-0.39, 0.29) is 5.69 Å². The lowest BCUT2D eigenvalue weighted by atomic mass is 10.1. The molecule has 0 aliphatic carbocycles. The molecule has 3 rings (SSSR count). The summed E-state index contributed by atoms with van der Waals surface area (Å²) in [6.07, 6.45) is 1.98. The lowest BCUT2D eigenvalue weighted by Crippen LogP contribution is -2.00. The van der Waals surface area contributed by atoms with Gasteiger partial charge >= 0.3 is 0 Å². The molecule has 1 aromatic carbocycles. The Kier molecular flexibility index (Phi) is 3.37. The van der Waals surface area contributed by atoms with Crippen LogP contribution in [0.3, 0.4) is 0 Å². The molecule has 0 saturated heterocycles. The second kappa shape index (κ2) is 5.32. The second-order valence-electron chi connectivity index (χ2n) is 4.35.